The first-order valence-corrected chi connectivity index (χ1v) is 4.24. The van der Waals surface area contributed by atoms with Crippen LogP contribution < -0.4 is 0 Å². The number of aliphatic hydroxyl groups is 2. The molecule has 1 aliphatic rings. The van der Waals surface area contributed by atoms with E-state index >= 15 is 0 Å². The lowest BCUT2D eigenvalue weighted by Gasteiger charge is -1.99. The van der Waals surface area contributed by atoms with Crippen molar-refractivity contribution in [3.63, 3.8) is 0 Å². The van der Waals surface area contributed by atoms with Gasteiger partial charge < -0.3 is 10.2 Å². The van der Waals surface area contributed by atoms with Crippen LogP contribution in [-0.2, 0) is 0 Å². The van der Waals surface area contributed by atoms with Gasteiger partial charge in [0.05, 0.1) is 5.69 Å². The van der Waals surface area contributed by atoms with E-state index in [0.29, 0.717) is 10.8 Å². The Bertz CT molecular complexity index is 240. The molecule has 0 saturated heterocycles. The Morgan fingerprint density at radius 2 is 2.18 bits per heavy atom. The molecular weight excluding hydrogens is 164 g/mol. The van der Waals surface area contributed by atoms with Gasteiger partial charge in [0.15, 0.2) is 6.29 Å². The van der Waals surface area contributed by atoms with Crippen LogP contribution in [0.3, 0.4) is 0 Å². The van der Waals surface area contributed by atoms with Crippen molar-refractivity contribution in [2.24, 2.45) is 0 Å². The first kappa shape index (κ1) is 7.15. The lowest BCUT2D eigenvalue weighted by atomic mass is 10.2. The summed E-state index contributed by atoms with van der Waals surface area (Å²) in [5.41, 5.74) is 0.782. The molecule has 0 aliphatic heterocycles. The molecule has 0 spiro atoms. The fourth-order valence-electron chi connectivity index (χ4n) is 1.02. The summed E-state index contributed by atoms with van der Waals surface area (Å²) < 4.78 is 3.68. The molecule has 1 fully saturated rings. The van der Waals surface area contributed by atoms with E-state index in [4.69, 9.17) is 10.2 Å². The number of hydrogen-bond donors (Lipinski definition) is 2. The smallest absolute Gasteiger partial charge is 0.191 e. The first-order valence-electron chi connectivity index (χ1n) is 3.47. The van der Waals surface area contributed by atoms with Crippen LogP contribution in [0.5, 0.6) is 0 Å². The molecule has 4 nitrogen and oxygen atoms in total. The van der Waals surface area contributed by atoms with Crippen LogP contribution in [0.2, 0.25) is 0 Å². The van der Waals surface area contributed by atoms with Crippen molar-refractivity contribution >= 4 is 11.5 Å². The third-order valence-electron chi connectivity index (χ3n) is 1.74. The lowest BCUT2D eigenvalue weighted by molar-refractivity contribution is -0.0403. The maximum atomic E-state index is 8.86. The number of aromatic nitrogens is 2. The molecule has 0 bridgehead atoms. The summed E-state index contributed by atoms with van der Waals surface area (Å²) in [5, 5.41) is 21.6. The fourth-order valence-corrected chi connectivity index (χ4v) is 1.64. The summed E-state index contributed by atoms with van der Waals surface area (Å²) in [7, 11) is 0. The van der Waals surface area contributed by atoms with E-state index in [0.717, 1.165) is 30.1 Å². The van der Waals surface area contributed by atoms with E-state index in [1.807, 2.05) is 0 Å². The fraction of sp³-hybridized carbons (Fsp3) is 0.667. The second kappa shape index (κ2) is 2.51. The molecule has 0 unspecified atom stereocenters. The highest BCUT2D eigenvalue weighted by molar-refractivity contribution is 7.05. The van der Waals surface area contributed by atoms with Crippen LogP contribution in [0.15, 0.2) is 0 Å². The summed E-state index contributed by atoms with van der Waals surface area (Å²) in [6.45, 7) is 0. The minimum Gasteiger partial charge on any atom is -0.364 e. The van der Waals surface area contributed by atoms with Crippen LogP contribution in [0.4, 0.5) is 0 Å². The van der Waals surface area contributed by atoms with E-state index in [9.17, 15) is 0 Å². The van der Waals surface area contributed by atoms with Crippen LogP contribution in [0.1, 0.15) is 35.6 Å². The summed E-state index contributed by atoms with van der Waals surface area (Å²) >= 11 is 1.06. The molecule has 11 heavy (non-hydrogen) atoms. The van der Waals surface area contributed by atoms with E-state index in [-0.39, 0.29) is 0 Å². The molecule has 1 aromatic heterocycles. The molecule has 2 rings (SSSR count). The van der Waals surface area contributed by atoms with Gasteiger partial charge in [0.2, 0.25) is 0 Å². The average Bonchev–Trinajstić information content (AvgIpc) is 2.68. The monoisotopic (exact) mass is 172 g/mol. The van der Waals surface area contributed by atoms with Crippen LogP contribution >= 0.6 is 11.5 Å². The van der Waals surface area contributed by atoms with Gasteiger partial charge in [-0.15, -0.1) is 5.10 Å². The largest absolute Gasteiger partial charge is 0.364 e. The van der Waals surface area contributed by atoms with Gasteiger partial charge in [0.25, 0.3) is 0 Å². The average molecular weight is 172 g/mol. The van der Waals surface area contributed by atoms with Crippen molar-refractivity contribution in [2.75, 3.05) is 0 Å². The van der Waals surface area contributed by atoms with Crippen molar-refractivity contribution in [3.05, 3.63) is 10.6 Å². The van der Waals surface area contributed by atoms with Gasteiger partial charge in [-0.05, 0) is 24.4 Å². The van der Waals surface area contributed by atoms with E-state index < -0.39 is 6.29 Å². The van der Waals surface area contributed by atoms with Crippen molar-refractivity contribution in [2.45, 2.75) is 25.0 Å². The molecule has 2 N–H and O–H groups in total. The predicted octanol–water partition coefficient (Wildman–Crippen LogP) is 0.399. The highest BCUT2D eigenvalue weighted by Crippen LogP contribution is 2.42. The third-order valence-corrected chi connectivity index (χ3v) is 2.52. The number of rotatable bonds is 2. The van der Waals surface area contributed by atoms with Crippen molar-refractivity contribution < 1.29 is 10.2 Å². The molecule has 1 aliphatic carbocycles. The zero-order valence-corrected chi connectivity index (χ0v) is 6.58. The van der Waals surface area contributed by atoms with Gasteiger partial charge in [-0.3, -0.25) is 0 Å². The Hall–Kier alpha value is -0.520. The quantitative estimate of drug-likeness (QED) is 0.634. The number of nitrogens with zero attached hydrogens (tertiary/aromatic N) is 2. The molecular formula is C6H8N2O2S. The second-order valence-corrected chi connectivity index (χ2v) is 3.46. The normalized spacial score (nSPS) is 17.7. The SMILES string of the molecule is OC(O)c1snnc1C1CC1. The van der Waals surface area contributed by atoms with Crippen molar-refractivity contribution in [3.8, 4) is 0 Å². The molecule has 60 valence electrons. The minimum absolute atomic E-state index is 0.436. The van der Waals surface area contributed by atoms with E-state index in [2.05, 4.69) is 9.59 Å². The molecule has 0 aromatic carbocycles. The molecule has 0 atom stereocenters. The van der Waals surface area contributed by atoms with Gasteiger partial charge in [0.1, 0.15) is 4.88 Å². The molecule has 1 aromatic rings. The lowest BCUT2D eigenvalue weighted by Crippen LogP contribution is -1.95. The Labute approximate surface area is 67.7 Å². The summed E-state index contributed by atoms with van der Waals surface area (Å²) in [5.74, 6) is 0.436. The predicted molar refractivity (Wildman–Crippen MR) is 39.1 cm³/mol. The molecule has 0 radical (unpaired) electrons. The van der Waals surface area contributed by atoms with Crippen molar-refractivity contribution in [1.82, 2.24) is 9.59 Å². The highest BCUT2D eigenvalue weighted by atomic mass is 32.1. The molecule has 0 amide bonds. The number of aliphatic hydroxyl groups excluding tert-OH is 1. The summed E-state index contributed by atoms with van der Waals surface area (Å²) in [6, 6.07) is 0. The highest BCUT2D eigenvalue weighted by Gasteiger charge is 2.30. The zero-order chi connectivity index (χ0) is 7.84. The third kappa shape index (κ3) is 1.26. The van der Waals surface area contributed by atoms with Gasteiger partial charge >= 0.3 is 0 Å². The molecule has 1 saturated carbocycles. The van der Waals surface area contributed by atoms with Crippen LogP contribution in [0, 0.1) is 0 Å². The maximum absolute atomic E-state index is 8.86. The first-order chi connectivity index (χ1) is 5.29. The van der Waals surface area contributed by atoms with Crippen LogP contribution in [-0.4, -0.2) is 19.8 Å². The second-order valence-electron chi connectivity index (χ2n) is 2.67. The molecule has 1 heterocycles. The topological polar surface area (TPSA) is 66.2 Å². The Kier molecular flexibility index (Phi) is 1.63. The standard InChI is InChI=1S/C6H8N2O2S/c9-6(10)5-4(3-1-2-3)7-8-11-5/h3,6,9-10H,1-2H2. The summed E-state index contributed by atoms with van der Waals surface area (Å²) in [4.78, 5) is 0.507. The maximum Gasteiger partial charge on any atom is 0.191 e. The van der Waals surface area contributed by atoms with Gasteiger partial charge in [-0.2, -0.15) is 0 Å². The Morgan fingerprint density at radius 1 is 1.45 bits per heavy atom. The Morgan fingerprint density at radius 3 is 2.73 bits per heavy atom. The van der Waals surface area contributed by atoms with Gasteiger partial charge in [-0.25, -0.2) is 0 Å². The van der Waals surface area contributed by atoms with Crippen LogP contribution in [0.25, 0.3) is 0 Å². The van der Waals surface area contributed by atoms with E-state index in [1.165, 1.54) is 0 Å². The van der Waals surface area contributed by atoms with E-state index in [1.54, 1.807) is 0 Å². The molecule has 5 heteroatoms. The van der Waals surface area contributed by atoms with Crippen molar-refractivity contribution in [1.29, 1.82) is 0 Å². The van der Waals surface area contributed by atoms with Gasteiger partial charge in [-0.1, -0.05) is 4.49 Å². The zero-order valence-electron chi connectivity index (χ0n) is 5.77. The minimum atomic E-state index is -1.40. The summed E-state index contributed by atoms with van der Waals surface area (Å²) in [6.07, 6.45) is 0.807. The number of hydrogen-bond acceptors (Lipinski definition) is 5. The Balaban J connectivity index is 2.30. The van der Waals surface area contributed by atoms with Gasteiger partial charge in [0, 0.05) is 5.92 Å².